The van der Waals surface area contributed by atoms with Gasteiger partial charge in [0, 0.05) is 14.1 Å². The average Bonchev–Trinajstić information content (AvgIpc) is 3.11. The molecule has 3 aromatic rings. The maximum absolute atomic E-state index is 12.6. The zero-order chi connectivity index (χ0) is 18.3. The lowest BCUT2D eigenvalue weighted by Gasteiger charge is -2.12. The third-order valence-electron chi connectivity index (χ3n) is 3.64. The number of carboxylic acid groups (broad SMARTS) is 1. The van der Waals surface area contributed by atoms with Crippen LogP contribution in [0.2, 0.25) is 0 Å². The van der Waals surface area contributed by atoms with Gasteiger partial charge in [-0.1, -0.05) is 11.8 Å². The van der Waals surface area contributed by atoms with Crippen LogP contribution in [0.3, 0.4) is 0 Å². The third-order valence-corrected chi connectivity index (χ3v) is 4.72. The molecule has 0 aliphatic carbocycles. The van der Waals surface area contributed by atoms with E-state index in [0.717, 1.165) is 16.3 Å². The first-order valence-corrected chi connectivity index (χ1v) is 8.10. The number of rotatable bonds is 4. The van der Waals surface area contributed by atoms with E-state index >= 15 is 0 Å². The summed E-state index contributed by atoms with van der Waals surface area (Å²) in [5, 5.41) is 8.61. The van der Waals surface area contributed by atoms with Crippen molar-refractivity contribution in [2.75, 3.05) is 0 Å². The van der Waals surface area contributed by atoms with Crippen LogP contribution in [0.25, 0.3) is 22.6 Å². The van der Waals surface area contributed by atoms with Gasteiger partial charge in [-0.15, -0.1) is 0 Å². The molecule has 0 aromatic carbocycles. The molecule has 10 heteroatoms. The van der Waals surface area contributed by atoms with E-state index in [1.807, 2.05) is 0 Å². The number of fused-ring (bicyclic) bond motifs is 1. The minimum Gasteiger partial charge on any atom is -0.480 e. The Hall–Kier alpha value is -2.88. The number of nitrogens with zero attached hydrogens (tertiary/aromatic N) is 4. The molecule has 3 heterocycles. The van der Waals surface area contributed by atoms with E-state index in [2.05, 4.69) is 9.97 Å². The topological polar surface area (TPSA) is 120 Å². The molecular formula is C15H14N4O5S. The van der Waals surface area contributed by atoms with Gasteiger partial charge in [0.05, 0.1) is 6.26 Å². The normalized spacial score (nSPS) is 12.4. The van der Waals surface area contributed by atoms with Crippen LogP contribution in [0.15, 0.2) is 37.4 Å². The maximum Gasteiger partial charge on any atom is 0.332 e. The number of furan rings is 1. The molecule has 0 aliphatic heterocycles. The first-order valence-electron chi connectivity index (χ1n) is 7.22. The summed E-state index contributed by atoms with van der Waals surface area (Å²) in [5.41, 5.74) is -0.998. The predicted molar refractivity (Wildman–Crippen MR) is 90.7 cm³/mol. The Bertz CT molecular complexity index is 1080. The first-order chi connectivity index (χ1) is 11.8. The van der Waals surface area contributed by atoms with Crippen molar-refractivity contribution in [2.24, 2.45) is 14.1 Å². The van der Waals surface area contributed by atoms with Crippen molar-refractivity contribution in [1.82, 2.24) is 19.1 Å². The van der Waals surface area contributed by atoms with Gasteiger partial charge in [-0.3, -0.25) is 18.7 Å². The highest BCUT2D eigenvalue weighted by Crippen LogP contribution is 2.29. The van der Waals surface area contributed by atoms with Gasteiger partial charge < -0.3 is 9.52 Å². The van der Waals surface area contributed by atoms with Gasteiger partial charge in [0.1, 0.15) is 15.7 Å². The van der Waals surface area contributed by atoms with Crippen molar-refractivity contribution in [3.63, 3.8) is 0 Å². The summed E-state index contributed by atoms with van der Waals surface area (Å²) in [4.78, 5) is 44.5. The summed E-state index contributed by atoms with van der Waals surface area (Å²) in [6.45, 7) is 1.49. The Morgan fingerprint density at radius 3 is 2.60 bits per heavy atom. The van der Waals surface area contributed by atoms with E-state index in [9.17, 15) is 14.4 Å². The summed E-state index contributed by atoms with van der Waals surface area (Å²) >= 11 is 0.909. The van der Waals surface area contributed by atoms with Crippen LogP contribution >= 0.6 is 11.8 Å². The highest BCUT2D eigenvalue weighted by Gasteiger charge is 2.22. The lowest BCUT2D eigenvalue weighted by Crippen LogP contribution is -2.37. The van der Waals surface area contributed by atoms with Crippen molar-refractivity contribution in [2.45, 2.75) is 17.2 Å². The molecule has 0 saturated carbocycles. The second-order valence-electron chi connectivity index (χ2n) is 5.33. The molecule has 25 heavy (non-hydrogen) atoms. The highest BCUT2D eigenvalue weighted by molar-refractivity contribution is 8.00. The van der Waals surface area contributed by atoms with Gasteiger partial charge in [0.25, 0.3) is 5.56 Å². The van der Waals surface area contributed by atoms with Crippen LogP contribution in [-0.2, 0) is 18.9 Å². The molecule has 0 bridgehead atoms. The Balaban J connectivity index is 2.39. The van der Waals surface area contributed by atoms with E-state index in [0.29, 0.717) is 5.76 Å². The monoisotopic (exact) mass is 362 g/mol. The van der Waals surface area contributed by atoms with Gasteiger partial charge in [0.15, 0.2) is 17.2 Å². The molecule has 0 amide bonds. The molecule has 0 spiro atoms. The molecule has 3 aromatic heterocycles. The molecule has 130 valence electrons. The van der Waals surface area contributed by atoms with Gasteiger partial charge in [-0.25, -0.2) is 14.8 Å². The van der Waals surface area contributed by atoms with Gasteiger partial charge in [-0.2, -0.15) is 0 Å². The Morgan fingerprint density at radius 2 is 2.00 bits per heavy atom. The number of aryl methyl sites for hydroxylation is 1. The zero-order valence-electron chi connectivity index (χ0n) is 13.6. The highest BCUT2D eigenvalue weighted by atomic mass is 32.2. The summed E-state index contributed by atoms with van der Waals surface area (Å²) in [5.74, 6) is -0.529. The quantitative estimate of drug-likeness (QED) is 0.536. The number of hydrogen-bond donors (Lipinski definition) is 1. The molecule has 0 unspecified atom stereocenters. The van der Waals surface area contributed by atoms with Crippen LogP contribution in [0.1, 0.15) is 6.92 Å². The van der Waals surface area contributed by atoms with Gasteiger partial charge in [0.2, 0.25) is 0 Å². The molecule has 3 rings (SSSR count). The smallest absolute Gasteiger partial charge is 0.332 e. The van der Waals surface area contributed by atoms with E-state index in [-0.39, 0.29) is 21.9 Å². The summed E-state index contributed by atoms with van der Waals surface area (Å²) in [6.07, 6.45) is 1.44. The van der Waals surface area contributed by atoms with Gasteiger partial charge in [-0.05, 0) is 19.1 Å². The van der Waals surface area contributed by atoms with Gasteiger partial charge >= 0.3 is 11.7 Å². The first kappa shape index (κ1) is 17.0. The van der Waals surface area contributed by atoms with Crippen molar-refractivity contribution in [3.05, 3.63) is 39.2 Å². The van der Waals surface area contributed by atoms with E-state index < -0.39 is 22.5 Å². The molecule has 9 nitrogen and oxygen atoms in total. The summed E-state index contributed by atoms with van der Waals surface area (Å²) < 4.78 is 7.44. The van der Waals surface area contributed by atoms with E-state index in [1.165, 1.54) is 31.8 Å². The summed E-state index contributed by atoms with van der Waals surface area (Å²) in [7, 11) is 2.83. The van der Waals surface area contributed by atoms with Crippen molar-refractivity contribution in [1.29, 1.82) is 0 Å². The van der Waals surface area contributed by atoms with Crippen molar-refractivity contribution < 1.29 is 14.3 Å². The number of carboxylic acids is 1. The molecule has 0 aliphatic rings. The molecule has 0 fully saturated rings. The maximum atomic E-state index is 12.6. The zero-order valence-corrected chi connectivity index (χ0v) is 14.4. The Morgan fingerprint density at radius 1 is 1.28 bits per heavy atom. The lowest BCUT2D eigenvalue weighted by atomic mass is 10.3. The fraction of sp³-hybridized carbons (Fsp3) is 0.267. The van der Waals surface area contributed by atoms with Crippen LogP contribution in [0.4, 0.5) is 0 Å². The Labute approximate surface area is 144 Å². The van der Waals surface area contributed by atoms with Crippen molar-refractivity contribution in [3.8, 4) is 11.6 Å². The molecule has 1 atom stereocenters. The number of aromatic nitrogens is 4. The molecule has 1 N–H and O–H groups in total. The summed E-state index contributed by atoms with van der Waals surface area (Å²) in [6, 6.07) is 3.29. The van der Waals surface area contributed by atoms with Crippen molar-refractivity contribution >= 4 is 28.8 Å². The predicted octanol–water partition coefficient (Wildman–Crippen LogP) is 0.852. The largest absolute Gasteiger partial charge is 0.480 e. The second kappa shape index (κ2) is 6.20. The number of hydrogen-bond acceptors (Lipinski definition) is 7. The molecule has 0 radical (unpaired) electrons. The van der Waals surface area contributed by atoms with Crippen LogP contribution < -0.4 is 11.2 Å². The molecule has 0 saturated heterocycles. The third kappa shape index (κ3) is 2.84. The minimum absolute atomic E-state index is 0.0954. The van der Waals surface area contributed by atoms with E-state index in [4.69, 9.17) is 9.52 Å². The SMILES string of the molecule is C[C@H](Sc1nc(-c2ccco2)nc2c1c(=O)n(C)c(=O)n2C)C(=O)O. The fourth-order valence-electron chi connectivity index (χ4n) is 2.25. The fourth-order valence-corrected chi connectivity index (χ4v) is 3.12. The number of carbonyl (C=O) groups is 1. The van der Waals surface area contributed by atoms with Crippen LogP contribution in [-0.4, -0.2) is 35.4 Å². The average molecular weight is 362 g/mol. The Kier molecular flexibility index (Phi) is 4.21. The molecular weight excluding hydrogens is 348 g/mol. The lowest BCUT2D eigenvalue weighted by molar-refractivity contribution is -0.136. The second-order valence-corrected chi connectivity index (χ2v) is 6.66. The van der Waals surface area contributed by atoms with Crippen LogP contribution in [0.5, 0.6) is 0 Å². The van der Waals surface area contributed by atoms with E-state index in [1.54, 1.807) is 12.1 Å². The van der Waals surface area contributed by atoms with Crippen LogP contribution in [0, 0.1) is 0 Å². The standard InChI is InChI=1S/C15H14N4O5S/c1-7(14(21)22)25-12-9-11(18(2)15(23)19(3)13(9)20)16-10(17-12)8-5-4-6-24-8/h4-7H,1-3H3,(H,21,22)/t7-/m0/s1. The minimum atomic E-state index is -1.04. The number of aliphatic carboxylic acids is 1. The number of thioether (sulfide) groups is 1.